The molecule has 0 unspecified atom stereocenters. The van der Waals surface area contributed by atoms with E-state index in [1.807, 2.05) is 0 Å². The molecule has 7 heteroatoms. The number of benzene rings is 2. The third kappa shape index (κ3) is 4.94. The van der Waals surface area contributed by atoms with Crippen molar-refractivity contribution >= 4 is 10.1 Å². The van der Waals surface area contributed by atoms with Crippen molar-refractivity contribution in [2.45, 2.75) is 18.2 Å². The van der Waals surface area contributed by atoms with Crippen molar-refractivity contribution in [3.63, 3.8) is 0 Å². The van der Waals surface area contributed by atoms with Crippen LogP contribution in [0.4, 0.5) is 4.39 Å². The normalized spacial score (nSPS) is 11.3. The van der Waals surface area contributed by atoms with E-state index in [1.54, 1.807) is 13.0 Å². The first kappa shape index (κ1) is 17.2. The van der Waals surface area contributed by atoms with Gasteiger partial charge in [-0.1, -0.05) is 6.07 Å². The number of hydrogen-bond acceptors (Lipinski definition) is 5. The molecule has 2 aromatic carbocycles. The zero-order valence-electron chi connectivity index (χ0n) is 12.5. The van der Waals surface area contributed by atoms with Crippen LogP contribution in [0, 0.1) is 12.7 Å². The molecule has 0 fully saturated rings. The Hall–Kier alpha value is -2.12. The van der Waals surface area contributed by atoms with Gasteiger partial charge in [0.15, 0.2) is 0 Å². The van der Waals surface area contributed by atoms with Gasteiger partial charge >= 0.3 is 10.1 Å². The van der Waals surface area contributed by atoms with Gasteiger partial charge in [0.25, 0.3) is 0 Å². The van der Waals surface area contributed by atoms with Gasteiger partial charge in [0.1, 0.15) is 22.2 Å². The number of aliphatic hydroxyl groups is 1. The number of aliphatic hydroxyl groups excluding tert-OH is 1. The van der Waals surface area contributed by atoms with Gasteiger partial charge < -0.3 is 14.0 Å². The molecule has 2 aromatic rings. The van der Waals surface area contributed by atoms with Crippen LogP contribution in [0.15, 0.2) is 47.4 Å². The van der Waals surface area contributed by atoms with Crippen LogP contribution in [0.25, 0.3) is 0 Å². The lowest BCUT2D eigenvalue weighted by atomic mass is 10.2. The first-order valence-electron chi connectivity index (χ1n) is 6.96. The average molecular weight is 340 g/mol. The molecule has 124 valence electrons. The van der Waals surface area contributed by atoms with E-state index in [0.717, 1.165) is 17.7 Å². The number of ether oxygens (including phenoxy) is 1. The molecule has 0 aliphatic carbocycles. The summed E-state index contributed by atoms with van der Waals surface area (Å²) in [6, 6.07) is 9.29. The average Bonchev–Trinajstić information content (AvgIpc) is 2.46. The SMILES string of the molecule is Cc1cc(OCCCO)cc(OS(=O)(=O)c2cccc(F)c2)c1. The Morgan fingerprint density at radius 1 is 1.13 bits per heavy atom. The molecule has 0 amide bonds. The lowest BCUT2D eigenvalue weighted by Gasteiger charge is -2.11. The van der Waals surface area contributed by atoms with Gasteiger partial charge in [0.05, 0.1) is 6.61 Å². The summed E-state index contributed by atoms with van der Waals surface area (Å²) in [6.45, 7) is 2.07. The molecule has 0 saturated carbocycles. The lowest BCUT2D eigenvalue weighted by molar-refractivity contribution is 0.233. The third-order valence-electron chi connectivity index (χ3n) is 2.89. The summed E-state index contributed by atoms with van der Waals surface area (Å²) in [4.78, 5) is -0.262. The Morgan fingerprint density at radius 2 is 1.87 bits per heavy atom. The summed E-state index contributed by atoms with van der Waals surface area (Å²) in [5.41, 5.74) is 0.746. The van der Waals surface area contributed by atoms with Gasteiger partial charge in [-0.2, -0.15) is 8.42 Å². The Morgan fingerprint density at radius 3 is 2.57 bits per heavy atom. The summed E-state index contributed by atoms with van der Waals surface area (Å²) in [6.07, 6.45) is 0.464. The van der Waals surface area contributed by atoms with Crippen LogP contribution in [0.5, 0.6) is 11.5 Å². The number of hydrogen-bond donors (Lipinski definition) is 1. The summed E-state index contributed by atoms with van der Waals surface area (Å²) in [5.74, 6) is -0.150. The smallest absolute Gasteiger partial charge is 0.339 e. The maximum atomic E-state index is 13.2. The molecule has 0 aromatic heterocycles. The third-order valence-corrected chi connectivity index (χ3v) is 4.13. The largest absolute Gasteiger partial charge is 0.493 e. The van der Waals surface area contributed by atoms with E-state index in [0.29, 0.717) is 18.8 Å². The number of aryl methyl sites for hydroxylation is 1. The van der Waals surface area contributed by atoms with Crippen LogP contribution in [-0.4, -0.2) is 26.7 Å². The standard InChI is InChI=1S/C16H17FO5S/c1-12-8-14(21-7-3-6-18)11-15(9-12)22-23(19,20)16-5-2-4-13(17)10-16/h2,4-5,8-11,18H,3,6-7H2,1H3. The van der Waals surface area contributed by atoms with Crippen molar-refractivity contribution in [3.05, 3.63) is 53.8 Å². The van der Waals surface area contributed by atoms with Crippen LogP contribution in [0.1, 0.15) is 12.0 Å². The van der Waals surface area contributed by atoms with Crippen LogP contribution >= 0.6 is 0 Å². The van der Waals surface area contributed by atoms with Gasteiger partial charge in [-0.15, -0.1) is 0 Å². The topological polar surface area (TPSA) is 72.8 Å². The maximum absolute atomic E-state index is 13.2. The molecule has 1 N–H and O–H groups in total. The monoisotopic (exact) mass is 340 g/mol. The van der Waals surface area contributed by atoms with Gasteiger partial charge in [-0.05, 0) is 42.8 Å². The molecule has 0 heterocycles. The van der Waals surface area contributed by atoms with Gasteiger partial charge in [0, 0.05) is 19.1 Å². The van der Waals surface area contributed by atoms with Gasteiger partial charge in [0.2, 0.25) is 0 Å². The first-order valence-corrected chi connectivity index (χ1v) is 8.37. The quantitative estimate of drug-likeness (QED) is 0.620. The van der Waals surface area contributed by atoms with E-state index < -0.39 is 15.9 Å². The van der Waals surface area contributed by atoms with E-state index >= 15 is 0 Å². The van der Waals surface area contributed by atoms with E-state index in [1.165, 1.54) is 24.3 Å². The Bertz CT molecular complexity index is 774. The van der Waals surface area contributed by atoms with Crippen molar-refractivity contribution in [1.29, 1.82) is 0 Å². The zero-order chi connectivity index (χ0) is 16.9. The Balaban J connectivity index is 2.21. The summed E-state index contributed by atoms with van der Waals surface area (Å²) in [7, 11) is -4.13. The highest BCUT2D eigenvalue weighted by atomic mass is 32.2. The molecule has 0 aliphatic rings. The predicted octanol–water partition coefficient (Wildman–Crippen LogP) is 2.66. The molecule has 0 atom stereocenters. The molecule has 0 saturated heterocycles. The Kier molecular flexibility index (Phi) is 5.57. The van der Waals surface area contributed by atoms with E-state index in [2.05, 4.69) is 0 Å². The van der Waals surface area contributed by atoms with Crippen LogP contribution < -0.4 is 8.92 Å². The zero-order valence-corrected chi connectivity index (χ0v) is 13.3. The second-order valence-electron chi connectivity index (χ2n) is 4.90. The predicted molar refractivity (Wildman–Crippen MR) is 82.6 cm³/mol. The van der Waals surface area contributed by atoms with Crippen LogP contribution in [0.2, 0.25) is 0 Å². The van der Waals surface area contributed by atoms with E-state index in [-0.39, 0.29) is 17.3 Å². The van der Waals surface area contributed by atoms with E-state index in [9.17, 15) is 12.8 Å². The lowest BCUT2D eigenvalue weighted by Crippen LogP contribution is -2.10. The fraction of sp³-hybridized carbons (Fsp3) is 0.250. The molecular weight excluding hydrogens is 323 g/mol. The second kappa shape index (κ2) is 7.43. The second-order valence-corrected chi connectivity index (χ2v) is 6.45. The molecule has 5 nitrogen and oxygen atoms in total. The highest BCUT2D eigenvalue weighted by molar-refractivity contribution is 7.87. The van der Waals surface area contributed by atoms with Crippen molar-refractivity contribution in [3.8, 4) is 11.5 Å². The molecule has 0 spiro atoms. The van der Waals surface area contributed by atoms with Crippen LogP contribution in [0.3, 0.4) is 0 Å². The minimum Gasteiger partial charge on any atom is -0.493 e. The fourth-order valence-corrected chi connectivity index (χ4v) is 2.85. The highest BCUT2D eigenvalue weighted by Gasteiger charge is 2.18. The van der Waals surface area contributed by atoms with Crippen molar-refractivity contribution in [2.75, 3.05) is 13.2 Å². The summed E-state index contributed by atoms with van der Waals surface area (Å²) < 4.78 is 48.0. The number of halogens is 1. The fourth-order valence-electron chi connectivity index (χ4n) is 1.90. The minimum atomic E-state index is -4.13. The summed E-state index contributed by atoms with van der Waals surface area (Å²) >= 11 is 0. The van der Waals surface area contributed by atoms with Crippen molar-refractivity contribution < 1.29 is 26.8 Å². The number of rotatable bonds is 7. The van der Waals surface area contributed by atoms with Crippen molar-refractivity contribution in [1.82, 2.24) is 0 Å². The minimum absolute atomic E-state index is 0.00310. The van der Waals surface area contributed by atoms with E-state index in [4.69, 9.17) is 14.0 Å². The molecule has 23 heavy (non-hydrogen) atoms. The van der Waals surface area contributed by atoms with Crippen LogP contribution in [-0.2, 0) is 10.1 Å². The van der Waals surface area contributed by atoms with Gasteiger partial charge in [-0.25, -0.2) is 4.39 Å². The molecule has 0 bridgehead atoms. The highest BCUT2D eigenvalue weighted by Crippen LogP contribution is 2.26. The molecular formula is C16H17FO5S. The molecule has 2 rings (SSSR count). The molecule has 0 radical (unpaired) electrons. The first-order chi connectivity index (χ1) is 10.9. The summed E-state index contributed by atoms with van der Waals surface area (Å²) in [5, 5.41) is 8.74. The Labute approximate surface area is 134 Å². The molecule has 0 aliphatic heterocycles. The maximum Gasteiger partial charge on any atom is 0.339 e. The van der Waals surface area contributed by atoms with Gasteiger partial charge in [-0.3, -0.25) is 0 Å². The van der Waals surface area contributed by atoms with Crippen molar-refractivity contribution in [2.24, 2.45) is 0 Å².